The summed E-state index contributed by atoms with van der Waals surface area (Å²) in [5, 5.41) is 3.44. The summed E-state index contributed by atoms with van der Waals surface area (Å²) in [6.07, 6.45) is 12.3. The van der Waals surface area contributed by atoms with Crippen molar-refractivity contribution in [3.05, 3.63) is 95.7 Å². The predicted octanol–water partition coefficient (Wildman–Crippen LogP) is 4.98. The van der Waals surface area contributed by atoms with E-state index in [2.05, 4.69) is 83.2 Å². The van der Waals surface area contributed by atoms with Gasteiger partial charge in [0.25, 0.3) is 0 Å². The fourth-order valence-corrected chi connectivity index (χ4v) is 2.98. The molecule has 0 spiro atoms. The molecular weight excluding hydrogens is 280 g/mol. The van der Waals surface area contributed by atoms with Crippen molar-refractivity contribution in [3.8, 4) is 0 Å². The van der Waals surface area contributed by atoms with Crippen molar-refractivity contribution in [2.24, 2.45) is 4.99 Å². The van der Waals surface area contributed by atoms with Crippen molar-refractivity contribution in [3.63, 3.8) is 0 Å². The van der Waals surface area contributed by atoms with E-state index in [9.17, 15) is 0 Å². The second-order valence-electron chi connectivity index (χ2n) is 5.80. The fraction of sp³-hybridized carbons (Fsp3) is 0.0952. The summed E-state index contributed by atoms with van der Waals surface area (Å²) in [5.41, 5.74) is 7.36. The van der Waals surface area contributed by atoms with E-state index in [1.165, 1.54) is 22.5 Å². The first-order chi connectivity index (χ1) is 11.4. The number of benzene rings is 2. The molecule has 0 saturated carbocycles. The Labute approximate surface area is 136 Å². The number of fused-ring (bicyclic) bond motifs is 2. The smallest absolute Gasteiger partial charge is 0.0669 e. The molecule has 2 heterocycles. The van der Waals surface area contributed by atoms with E-state index in [4.69, 9.17) is 0 Å². The van der Waals surface area contributed by atoms with E-state index < -0.39 is 0 Å². The summed E-state index contributed by atoms with van der Waals surface area (Å²) in [6.45, 7) is 0. The molecule has 0 bridgehead atoms. The molecule has 112 valence electrons. The lowest BCUT2D eigenvalue weighted by molar-refractivity contribution is 1.25. The van der Waals surface area contributed by atoms with Gasteiger partial charge in [0.15, 0.2) is 0 Å². The summed E-state index contributed by atoms with van der Waals surface area (Å²) in [6, 6.07) is 16.8. The first-order valence-electron chi connectivity index (χ1n) is 7.93. The highest BCUT2D eigenvalue weighted by atomic mass is 14.9. The molecule has 2 aromatic carbocycles. The molecule has 2 aromatic rings. The molecule has 23 heavy (non-hydrogen) atoms. The van der Waals surface area contributed by atoms with Gasteiger partial charge in [-0.15, -0.1) is 0 Å². The second kappa shape index (κ2) is 6.09. The summed E-state index contributed by atoms with van der Waals surface area (Å²) < 4.78 is 0. The maximum absolute atomic E-state index is 4.62. The van der Waals surface area contributed by atoms with Gasteiger partial charge in [-0.1, -0.05) is 54.6 Å². The lowest BCUT2D eigenvalue weighted by Gasteiger charge is -1.96. The number of hydrogen-bond acceptors (Lipinski definition) is 2. The number of rotatable bonds is 3. The van der Waals surface area contributed by atoms with Gasteiger partial charge in [-0.2, -0.15) is 0 Å². The normalized spacial score (nSPS) is 17.6. The zero-order valence-electron chi connectivity index (χ0n) is 12.9. The maximum Gasteiger partial charge on any atom is 0.0669 e. The topological polar surface area (TPSA) is 24.4 Å². The van der Waals surface area contributed by atoms with Crippen LogP contribution in [0.25, 0.3) is 0 Å². The third kappa shape index (κ3) is 3.02. The van der Waals surface area contributed by atoms with Crippen LogP contribution >= 0.6 is 0 Å². The summed E-state index contributed by atoms with van der Waals surface area (Å²) in [5.74, 6) is 0. The Bertz CT molecular complexity index is 827. The van der Waals surface area contributed by atoms with Gasteiger partial charge in [-0.3, -0.25) is 4.99 Å². The van der Waals surface area contributed by atoms with Crippen molar-refractivity contribution in [2.45, 2.75) is 12.8 Å². The number of aliphatic imine (C=N–C) groups is 1. The van der Waals surface area contributed by atoms with Gasteiger partial charge in [-0.25, -0.2) is 0 Å². The zero-order chi connectivity index (χ0) is 15.5. The Morgan fingerprint density at radius 1 is 0.826 bits per heavy atom. The van der Waals surface area contributed by atoms with Crippen molar-refractivity contribution in [1.29, 1.82) is 0 Å². The Morgan fingerprint density at radius 2 is 1.65 bits per heavy atom. The van der Waals surface area contributed by atoms with E-state index in [1.54, 1.807) is 0 Å². The highest BCUT2D eigenvalue weighted by Gasteiger charge is 2.12. The van der Waals surface area contributed by atoms with Crippen LogP contribution in [0.2, 0.25) is 0 Å². The van der Waals surface area contributed by atoms with Gasteiger partial charge in [0.05, 0.1) is 5.69 Å². The monoisotopic (exact) mass is 298 g/mol. The first-order valence-corrected chi connectivity index (χ1v) is 7.93. The largest absolute Gasteiger partial charge is 0.358 e. The van der Waals surface area contributed by atoms with Crippen molar-refractivity contribution < 1.29 is 0 Å². The second-order valence-corrected chi connectivity index (χ2v) is 5.80. The SMILES string of the molecule is C(=CC=C1Cc2ccccc2N1)C=CC1=Nc2ccccc2C1. The van der Waals surface area contributed by atoms with Gasteiger partial charge in [0.2, 0.25) is 0 Å². The number of nitrogens with zero attached hydrogens (tertiary/aromatic N) is 1. The van der Waals surface area contributed by atoms with Crippen LogP contribution in [0, 0.1) is 0 Å². The lowest BCUT2D eigenvalue weighted by Crippen LogP contribution is -1.91. The van der Waals surface area contributed by atoms with Crippen LogP contribution in [-0.2, 0) is 12.8 Å². The quantitative estimate of drug-likeness (QED) is 0.794. The van der Waals surface area contributed by atoms with E-state index in [0.29, 0.717) is 0 Å². The van der Waals surface area contributed by atoms with Crippen LogP contribution in [-0.4, -0.2) is 5.71 Å². The Kier molecular flexibility index (Phi) is 3.65. The molecule has 4 rings (SSSR count). The van der Waals surface area contributed by atoms with Crippen LogP contribution in [0.3, 0.4) is 0 Å². The minimum atomic E-state index is 0.929. The molecule has 2 aliphatic rings. The molecule has 0 unspecified atom stereocenters. The van der Waals surface area contributed by atoms with E-state index in [-0.39, 0.29) is 0 Å². The summed E-state index contributed by atoms with van der Waals surface area (Å²) in [4.78, 5) is 4.62. The average Bonchev–Trinajstić information content (AvgIpc) is 3.17. The van der Waals surface area contributed by atoms with E-state index in [0.717, 1.165) is 24.2 Å². The minimum Gasteiger partial charge on any atom is -0.358 e. The molecule has 2 nitrogen and oxygen atoms in total. The minimum absolute atomic E-state index is 0.929. The van der Waals surface area contributed by atoms with Crippen LogP contribution in [0.5, 0.6) is 0 Å². The maximum atomic E-state index is 4.62. The molecular formula is C21H18N2. The fourth-order valence-electron chi connectivity index (χ4n) is 2.98. The van der Waals surface area contributed by atoms with E-state index >= 15 is 0 Å². The summed E-state index contributed by atoms with van der Waals surface area (Å²) in [7, 11) is 0. The van der Waals surface area contributed by atoms with E-state index in [1.807, 2.05) is 6.07 Å². The highest BCUT2D eigenvalue weighted by Crippen LogP contribution is 2.27. The zero-order valence-corrected chi connectivity index (χ0v) is 12.9. The molecule has 0 atom stereocenters. The average molecular weight is 298 g/mol. The number of nitrogens with one attached hydrogen (secondary N) is 1. The van der Waals surface area contributed by atoms with Crippen LogP contribution < -0.4 is 5.32 Å². The predicted molar refractivity (Wildman–Crippen MR) is 97.4 cm³/mol. The lowest BCUT2D eigenvalue weighted by atomic mass is 10.1. The third-order valence-electron chi connectivity index (χ3n) is 4.13. The van der Waals surface area contributed by atoms with Crippen molar-refractivity contribution >= 4 is 17.1 Å². The van der Waals surface area contributed by atoms with Gasteiger partial charge >= 0.3 is 0 Å². The number of para-hydroxylation sites is 2. The van der Waals surface area contributed by atoms with Crippen molar-refractivity contribution in [1.82, 2.24) is 0 Å². The molecule has 0 radical (unpaired) electrons. The molecule has 0 fully saturated rings. The molecule has 0 aromatic heterocycles. The highest BCUT2D eigenvalue weighted by molar-refractivity contribution is 6.02. The third-order valence-corrected chi connectivity index (χ3v) is 4.13. The number of hydrogen-bond donors (Lipinski definition) is 1. The molecule has 1 N–H and O–H groups in total. The van der Waals surface area contributed by atoms with Crippen LogP contribution in [0.1, 0.15) is 11.1 Å². The molecule has 0 saturated heterocycles. The molecule has 2 heteroatoms. The van der Waals surface area contributed by atoms with Gasteiger partial charge in [0, 0.05) is 29.9 Å². The number of allylic oxidation sites excluding steroid dienone is 6. The van der Waals surface area contributed by atoms with Crippen molar-refractivity contribution in [2.75, 3.05) is 5.32 Å². The van der Waals surface area contributed by atoms with Gasteiger partial charge < -0.3 is 5.32 Å². The Hall–Kier alpha value is -2.87. The molecule has 2 aliphatic heterocycles. The Morgan fingerprint density at radius 3 is 2.52 bits per heavy atom. The van der Waals surface area contributed by atoms with Gasteiger partial charge in [0.1, 0.15) is 0 Å². The number of anilines is 1. The standard InChI is InChI=1S/C21H18N2/c1(2-10-18-14-16-8-4-6-12-20(16)22-18)3-11-19-15-17-9-5-7-13-21(17)23-19/h1-13,22H,14-15H2. The van der Waals surface area contributed by atoms with Gasteiger partial charge in [-0.05, 0) is 35.4 Å². The van der Waals surface area contributed by atoms with Crippen LogP contribution in [0.4, 0.5) is 11.4 Å². The molecule has 0 aliphatic carbocycles. The summed E-state index contributed by atoms with van der Waals surface area (Å²) >= 11 is 0. The molecule has 0 amide bonds. The van der Waals surface area contributed by atoms with Crippen LogP contribution in [0.15, 0.2) is 89.6 Å². The Balaban J connectivity index is 1.36. The first kappa shape index (κ1) is 13.8.